The molecule has 6 heteroatoms. The van der Waals surface area contributed by atoms with Crippen LogP contribution in [0.2, 0.25) is 0 Å². The van der Waals surface area contributed by atoms with Gasteiger partial charge in [-0.15, -0.1) is 0 Å². The molecule has 3 N–H and O–H groups in total. The van der Waals surface area contributed by atoms with Gasteiger partial charge >= 0.3 is 6.09 Å². The Morgan fingerprint density at radius 2 is 1.90 bits per heavy atom. The Kier molecular flexibility index (Phi) is 6.22. The van der Waals surface area contributed by atoms with Gasteiger partial charge in [0.15, 0.2) is 0 Å². The van der Waals surface area contributed by atoms with E-state index in [1.54, 1.807) is 32.9 Å². The summed E-state index contributed by atoms with van der Waals surface area (Å²) in [5.41, 5.74) is -0.00160. The number of halogens is 1. The van der Waals surface area contributed by atoms with Gasteiger partial charge in [0.2, 0.25) is 0 Å². The Morgan fingerprint density at radius 3 is 2.35 bits per heavy atom. The Balaban J connectivity index is 2.70. The molecule has 1 rings (SSSR count). The number of carbonyl (C=O) groups is 1. The van der Waals surface area contributed by atoms with E-state index in [2.05, 4.69) is 27.9 Å². The molecule has 0 spiro atoms. The van der Waals surface area contributed by atoms with Crippen LogP contribution in [0.15, 0.2) is 24.3 Å². The van der Waals surface area contributed by atoms with Crippen LogP contribution in [0.3, 0.4) is 0 Å². The van der Waals surface area contributed by atoms with Crippen LogP contribution < -0.4 is 5.32 Å². The van der Waals surface area contributed by atoms with Crippen LogP contribution in [-0.2, 0) is 4.74 Å². The lowest BCUT2D eigenvalue weighted by molar-refractivity contribution is 0.0349. The molecule has 0 heterocycles. The van der Waals surface area contributed by atoms with E-state index < -0.39 is 23.8 Å². The topological polar surface area (TPSA) is 78.8 Å². The molecule has 112 valence electrons. The van der Waals surface area contributed by atoms with Crippen LogP contribution in [0.4, 0.5) is 4.79 Å². The zero-order valence-electron chi connectivity index (χ0n) is 11.8. The number of amides is 1. The summed E-state index contributed by atoms with van der Waals surface area (Å²) in [6, 6.07) is 6.39. The van der Waals surface area contributed by atoms with Gasteiger partial charge in [-0.3, -0.25) is 0 Å². The van der Waals surface area contributed by atoms with E-state index in [0.717, 1.165) is 3.57 Å². The summed E-state index contributed by atoms with van der Waals surface area (Å²) in [5.74, 6) is 0. The minimum atomic E-state index is -0.996. The van der Waals surface area contributed by atoms with Crippen LogP contribution in [0.5, 0.6) is 0 Å². The highest BCUT2D eigenvalue weighted by molar-refractivity contribution is 14.1. The molecule has 0 aromatic heterocycles. The number of hydrogen-bond donors (Lipinski definition) is 3. The van der Waals surface area contributed by atoms with Crippen molar-refractivity contribution in [3.05, 3.63) is 33.4 Å². The fourth-order valence-electron chi connectivity index (χ4n) is 1.58. The monoisotopic (exact) mass is 393 g/mol. The standard InChI is InChI=1S/C14H20INO4/c1-14(2,3)20-13(19)16-11(8-17)12(18)9-4-6-10(15)7-5-9/h4-7,11-12,17-18H,8H2,1-3H3,(H,16,19)/t11-,12-/m1/s1. The molecule has 0 saturated carbocycles. The number of hydrogen-bond acceptors (Lipinski definition) is 4. The second kappa shape index (κ2) is 7.24. The highest BCUT2D eigenvalue weighted by Gasteiger charge is 2.25. The molecule has 0 unspecified atom stereocenters. The van der Waals surface area contributed by atoms with Crippen molar-refractivity contribution in [3.63, 3.8) is 0 Å². The summed E-state index contributed by atoms with van der Waals surface area (Å²) < 4.78 is 6.14. The summed E-state index contributed by atoms with van der Waals surface area (Å²) in [4.78, 5) is 11.7. The average Bonchev–Trinajstić information content (AvgIpc) is 2.34. The van der Waals surface area contributed by atoms with Gasteiger partial charge in [0.05, 0.1) is 12.6 Å². The molecule has 0 saturated heterocycles. The predicted octanol–water partition coefficient (Wildman–Crippen LogP) is 2.21. The second-order valence-electron chi connectivity index (χ2n) is 5.43. The molecule has 0 fully saturated rings. The SMILES string of the molecule is CC(C)(C)OC(=O)N[C@H](CO)[C@H](O)c1ccc(I)cc1. The Morgan fingerprint density at radius 1 is 1.35 bits per heavy atom. The van der Waals surface area contributed by atoms with Gasteiger partial charge in [-0.25, -0.2) is 4.79 Å². The fourth-order valence-corrected chi connectivity index (χ4v) is 1.94. The maximum Gasteiger partial charge on any atom is 0.408 e. The maximum absolute atomic E-state index is 11.7. The number of carbonyl (C=O) groups excluding carboxylic acids is 1. The van der Waals surface area contributed by atoms with Gasteiger partial charge in [-0.05, 0) is 61.1 Å². The molecule has 2 atom stereocenters. The van der Waals surface area contributed by atoms with Crippen molar-refractivity contribution in [1.29, 1.82) is 0 Å². The van der Waals surface area contributed by atoms with Crippen LogP contribution in [0.1, 0.15) is 32.4 Å². The molecule has 0 radical (unpaired) electrons. The molecule has 0 aliphatic heterocycles. The molecule has 5 nitrogen and oxygen atoms in total. The van der Waals surface area contributed by atoms with Crippen LogP contribution in [-0.4, -0.2) is 34.6 Å². The summed E-state index contributed by atoms with van der Waals surface area (Å²) in [5, 5.41) is 22.0. The van der Waals surface area contributed by atoms with Crippen molar-refractivity contribution in [2.75, 3.05) is 6.61 Å². The van der Waals surface area contributed by atoms with E-state index in [0.29, 0.717) is 5.56 Å². The van der Waals surface area contributed by atoms with Gasteiger partial charge in [0.1, 0.15) is 11.7 Å². The van der Waals surface area contributed by atoms with E-state index >= 15 is 0 Å². The lowest BCUT2D eigenvalue weighted by Gasteiger charge is -2.25. The van der Waals surface area contributed by atoms with E-state index in [-0.39, 0.29) is 6.61 Å². The van der Waals surface area contributed by atoms with Crippen molar-refractivity contribution < 1.29 is 19.7 Å². The molecule has 1 amide bonds. The normalized spacial score (nSPS) is 14.5. The zero-order chi connectivity index (χ0) is 15.3. The third-order valence-corrected chi connectivity index (χ3v) is 3.21. The largest absolute Gasteiger partial charge is 0.444 e. The highest BCUT2D eigenvalue weighted by atomic mass is 127. The number of aliphatic hydroxyl groups is 2. The van der Waals surface area contributed by atoms with Gasteiger partial charge in [-0.2, -0.15) is 0 Å². The first-order valence-electron chi connectivity index (χ1n) is 6.27. The van der Waals surface area contributed by atoms with E-state index in [9.17, 15) is 15.0 Å². The molecular formula is C14H20INO4. The fraction of sp³-hybridized carbons (Fsp3) is 0.500. The number of benzene rings is 1. The Hall–Kier alpha value is -0.860. The van der Waals surface area contributed by atoms with E-state index in [1.165, 1.54) is 0 Å². The average molecular weight is 393 g/mol. The first-order chi connectivity index (χ1) is 9.23. The number of rotatable bonds is 4. The third kappa shape index (κ3) is 5.64. The van der Waals surface area contributed by atoms with Crippen molar-refractivity contribution in [2.45, 2.75) is 38.5 Å². The maximum atomic E-state index is 11.7. The van der Waals surface area contributed by atoms with Crippen LogP contribution in [0.25, 0.3) is 0 Å². The zero-order valence-corrected chi connectivity index (χ0v) is 13.9. The Labute approximate surface area is 132 Å². The van der Waals surface area contributed by atoms with Gasteiger partial charge in [-0.1, -0.05) is 12.1 Å². The van der Waals surface area contributed by atoms with E-state index in [1.807, 2.05) is 12.1 Å². The van der Waals surface area contributed by atoms with Crippen molar-refractivity contribution >= 4 is 28.7 Å². The summed E-state index contributed by atoms with van der Waals surface area (Å²) in [6.07, 6.45) is -1.66. The lowest BCUT2D eigenvalue weighted by atomic mass is 10.0. The second-order valence-corrected chi connectivity index (χ2v) is 6.68. The van der Waals surface area contributed by atoms with Crippen molar-refractivity contribution in [3.8, 4) is 0 Å². The first-order valence-corrected chi connectivity index (χ1v) is 7.34. The van der Waals surface area contributed by atoms with Crippen LogP contribution in [0, 0.1) is 3.57 Å². The summed E-state index contributed by atoms with van der Waals surface area (Å²) >= 11 is 2.16. The molecule has 1 aromatic rings. The lowest BCUT2D eigenvalue weighted by Crippen LogP contribution is -2.44. The predicted molar refractivity (Wildman–Crippen MR) is 84.4 cm³/mol. The summed E-state index contributed by atoms with van der Waals surface area (Å²) in [6.45, 7) is 4.86. The molecule has 0 aliphatic carbocycles. The number of ether oxygens (including phenoxy) is 1. The van der Waals surface area contributed by atoms with E-state index in [4.69, 9.17) is 4.74 Å². The molecule has 0 bridgehead atoms. The number of aliphatic hydroxyl groups excluding tert-OH is 2. The van der Waals surface area contributed by atoms with Gasteiger partial charge in [0.25, 0.3) is 0 Å². The van der Waals surface area contributed by atoms with Gasteiger partial charge in [0, 0.05) is 3.57 Å². The van der Waals surface area contributed by atoms with Gasteiger partial charge < -0.3 is 20.3 Å². The molecule has 1 aromatic carbocycles. The summed E-state index contributed by atoms with van der Waals surface area (Å²) in [7, 11) is 0. The van der Waals surface area contributed by atoms with Crippen molar-refractivity contribution in [2.24, 2.45) is 0 Å². The minimum Gasteiger partial charge on any atom is -0.444 e. The minimum absolute atomic E-state index is 0.383. The first kappa shape index (κ1) is 17.2. The highest BCUT2D eigenvalue weighted by Crippen LogP contribution is 2.18. The molecule has 20 heavy (non-hydrogen) atoms. The smallest absolute Gasteiger partial charge is 0.408 e. The van der Waals surface area contributed by atoms with Crippen molar-refractivity contribution in [1.82, 2.24) is 5.32 Å². The molecular weight excluding hydrogens is 373 g/mol. The Bertz CT molecular complexity index is 441. The third-order valence-electron chi connectivity index (χ3n) is 2.49. The van der Waals surface area contributed by atoms with Crippen LogP contribution >= 0.6 is 22.6 Å². The number of alkyl carbamates (subject to hydrolysis) is 1. The quantitative estimate of drug-likeness (QED) is 0.686. The molecule has 0 aliphatic rings. The number of nitrogens with one attached hydrogen (secondary N) is 1.